The van der Waals surface area contributed by atoms with Crippen LogP contribution < -0.4 is 4.90 Å². The quantitative estimate of drug-likeness (QED) is 0.178. The molecule has 2 heterocycles. The van der Waals surface area contributed by atoms with E-state index in [0.29, 0.717) is 13.0 Å². The van der Waals surface area contributed by atoms with Gasteiger partial charge in [0.1, 0.15) is 5.82 Å². The Morgan fingerprint density at radius 2 is 1.54 bits per heavy atom. The number of nitrogens with zero attached hydrogens (tertiary/aromatic N) is 3. The molecule has 2 aromatic heterocycles. The Morgan fingerprint density at radius 1 is 0.878 bits per heavy atom. The minimum Gasteiger partial charge on any atom is -0.465 e. The van der Waals surface area contributed by atoms with Crippen LogP contribution in [0.15, 0.2) is 102 Å². The van der Waals surface area contributed by atoms with E-state index in [9.17, 15) is 4.79 Å². The summed E-state index contributed by atoms with van der Waals surface area (Å²) < 4.78 is 11.1. The molecule has 206 valence electrons. The molecule has 6 heteroatoms. The first-order chi connectivity index (χ1) is 20.0. The van der Waals surface area contributed by atoms with Crippen molar-refractivity contribution in [1.82, 2.24) is 10.1 Å². The van der Waals surface area contributed by atoms with Gasteiger partial charge >= 0.3 is 5.97 Å². The molecular formula is C35H33N3O3. The summed E-state index contributed by atoms with van der Waals surface area (Å²) in [5.74, 6) is 1.54. The Hall–Kier alpha value is -4.71. The van der Waals surface area contributed by atoms with E-state index in [1.54, 1.807) is 0 Å². The molecule has 1 saturated carbocycles. The van der Waals surface area contributed by atoms with Gasteiger partial charge in [-0.25, -0.2) is 4.98 Å². The lowest BCUT2D eigenvalue weighted by Gasteiger charge is -2.19. The predicted octanol–water partition coefficient (Wildman–Crippen LogP) is 7.67. The van der Waals surface area contributed by atoms with Crippen molar-refractivity contribution in [3.63, 3.8) is 0 Å². The van der Waals surface area contributed by atoms with Gasteiger partial charge in [0.15, 0.2) is 5.76 Å². The van der Waals surface area contributed by atoms with Gasteiger partial charge in [-0.1, -0.05) is 78.0 Å². The average molecular weight is 544 g/mol. The molecular weight excluding hydrogens is 510 g/mol. The molecule has 1 aliphatic carbocycles. The standard InChI is InChI=1S/C35H33N3O3/c1-4-40-34(39)35(21-22-35)28-19-17-26(18-20-28)25-13-15-27(16-14-25)33-31(24(2)37-41-33)23-29-9-8-12-32(36-29)38(3)30-10-6-5-7-11-30/h5-20H,4,21-23H2,1-3H3. The average Bonchev–Trinajstić information content (AvgIpc) is 3.76. The highest BCUT2D eigenvalue weighted by molar-refractivity contribution is 5.87. The number of hydrogen-bond donors (Lipinski definition) is 0. The van der Waals surface area contributed by atoms with Gasteiger partial charge in [-0.15, -0.1) is 0 Å². The van der Waals surface area contributed by atoms with Crippen molar-refractivity contribution in [2.75, 3.05) is 18.6 Å². The van der Waals surface area contributed by atoms with Gasteiger partial charge in [-0.2, -0.15) is 0 Å². The fraction of sp³-hybridized carbons (Fsp3) is 0.229. The van der Waals surface area contributed by atoms with Crippen LogP contribution in [0.2, 0.25) is 0 Å². The van der Waals surface area contributed by atoms with Crippen molar-refractivity contribution in [3.05, 3.63) is 120 Å². The zero-order chi connectivity index (χ0) is 28.4. The molecule has 0 saturated heterocycles. The number of aromatic nitrogens is 2. The van der Waals surface area contributed by atoms with Crippen LogP contribution in [-0.4, -0.2) is 29.8 Å². The molecule has 0 spiro atoms. The molecule has 6 nitrogen and oxygen atoms in total. The Morgan fingerprint density at radius 3 is 2.20 bits per heavy atom. The number of rotatable bonds is 9. The molecule has 0 amide bonds. The van der Waals surface area contributed by atoms with E-state index in [1.165, 1.54) is 0 Å². The molecule has 41 heavy (non-hydrogen) atoms. The summed E-state index contributed by atoms with van der Waals surface area (Å²) in [6.07, 6.45) is 2.32. The van der Waals surface area contributed by atoms with Crippen molar-refractivity contribution in [2.45, 2.75) is 38.5 Å². The van der Waals surface area contributed by atoms with Gasteiger partial charge in [-0.05, 0) is 67.6 Å². The summed E-state index contributed by atoms with van der Waals surface area (Å²) in [6.45, 7) is 4.23. The number of carbonyl (C=O) groups excluding carboxylic acids is 1. The van der Waals surface area contributed by atoms with Gasteiger partial charge in [0.2, 0.25) is 0 Å². The lowest BCUT2D eigenvalue weighted by molar-refractivity contribution is -0.146. The molecule has 0 radical (unpaired) electrons. The van der Waals surface area contributed by atoms with Gasteiger partial charge in [0.25, 0.3) is 0 Å². The van der Waals surface area contributed by atoms with Crippen LogP contribution in [-0.2, 0) is 21.4 Å². The number of esters is 1. The van der Waals surface area contributed by atoms with Crippen LogP contribution in [0, 0.1) is 6.92 Å². The van der Waals surface area contributed by atoms with Crippen molar-refractivity contribution in [3.8, 4) is 22.5 Å². The van der Waals surface area contributed by atoms with E-state index in [4.69, 9.17) is 14.2 Å². The number of carbonyl (C=O) groups is 1. The van der Waals surface area contributed by atoms with Gasteiger partial charge < -0.3 is 14.2 Å². The highest BCUT2D eigenvalue weighted by Gasteiger charge is 2.52. The van der Waals surface area contributed by atoms with Crippen LogP contribution in [0.1, 0.15) is 42.3 Å². The number of anilines is 2. The molecule has 0 N–H and O–H groups in total. The van der Waals surface area contributed by atoms with Gasteiger partial charge in [0.05, 0.1) is 17.7 Å². The van der Waals surface area contributed by atoms with E-state index in [-0.39, 0.29) is 5.97 Å². The number of pyridine rings is 1. The van der Waals surface area contributed by atoms with E-state index in [1.807, 2.05) is 57.3 Å². The molecule has 0 atom stereocenters. The number of hydrogen-bond acceptors (Lipinski definition) is 6. The Labute approximate surface area is 240 Å². The second-order valence-electron chi connectivity index (χ2n) is 10.6. The van der Waals surface area contributed by atoms with Crippen molar-refractivity contribution in [1.29, 1.82) is 0 Å². The monoisotopic (exact) mass is 543 g/mol. The zero-order valence-corrected chi connectivity index (χ0v) is 23.6. The smallest absolute Gasteiger partial charge is 0.316 e. The maximum absolute atomic E-state index is 12.5. The highest BCUT2D eigenvalue weighted by atomic mass is 16.5. The van der Waals surface area contributed by atoms with E-state index in [0.717, 1.165) is 69.3 Å². The minimum atomic E-state index is -0.454. The molecule has 1 fully saturated rings. The fourth-order valence-corrected chi connectivity index (χ4v) is 5.34. The summed E-state index contributed by atoms with van der Waals surface area (Å²) in [5, 5.41) is 4.29. The van der Waals surface area contributed by atoms with Crippen LogP contribution in [0.25, 0.3) is 22.5 Å². The first-order valence-electron chi connectivity index (χ1n) is 14.1. The third-order valence-corrected chi connectivity index (χ3v) is 7.96. The van der Waals surface area contributed by atoms with E-state index >= 15 is 0 Å². The summed E-state index contributed by atoms with van der Waals surface area (Å²) in [4.78, 5) is 19.5. The maximum Gasteiger partial charge on any atom is 0.316 e. The molecule has 6 rings (SSSR count). The van der Waals surface area contributed by atoms with Gasteiger partial charge in [-0.3, -0.25) is 4.79 Å². The lowest BCUT2D eigenvalue weighted by atomic mass is 9.93. The highest BCUT2D eigenvalue weighted by Crippen LogP contribution is 2.49. The van der Waals surface area contributed by atoms with Crippen molar-refractivity contribution < 1.29 is 14.1 Å². The summed E-state index contributed by atoms with van der Waals surface area (Å²) in [5.41, 5.74) is 7.66. The molecule has 0 aliphatic heterocycles. The second kappa shape index (κ2) is 11.0. The Bertz CT molecular complexity index is 1650. The Kier molecular flexibility index (Phi) is 7.14. The summed E-state index contributed by atoms with van der Waals surface area (Å²) in [6, 6.07) is 32.9. The predicted molar refractivity (Wildman–Crippen MR) is 161 cm³/mol. The zero-order valence-electron chi connectivity index (χ0n) is 23.6. The largest absolute Gasteiger partial charge is 0.465 e. The maximum atomic E-state index is 12.5. The number of aryl methyl sites for hydroxylation is 1. The van der Waals surface area contributed by atoms with Crippen molar-refractivity contribution in [2.24, 2.45) is 0 Å². The van der Waals surface area contributed by atoms with E-state index < -0.39 is 5.41 Å². The van der Waals surface area contributed by atoms with Gasteiger partial charge in [0, 0.05) is 36.0 Å². The SMILES string of the molecule is CCOC(=O)C1(c2ccc(-c3ccc(-c4onc(C)c4Cc4cccc(N(C)c5ccccc5)n4)cc3)cc2)CC1. The third kappa shape index (κ3) is 5.25. The molecule has 1 aliphatic rings. The molecule has 3 aromatic carbocycles. The van der Waals surface area contributed by atoms with Crippen LogP contribution in [0.4, 0.5) is 11.5 Å². The fourth-order valence-electron chi connectivity index (χ4n) is 5.34. The van der Waals surface area contributed by atoms with Crippen LogP contribution in [0.5, 0.6) is 0 Å². The van der Waals surface area contributed by atoms with Crippen LogP contribution in [0.3, 0.4) is 0 Å². The first-order valence-corrected chi connectivity index (χ1v) is 14.1. The topological polar surface area (TPSA) is 68.5 Å². The van der Waals surface area contributed by atoms with Crippen molar-refractivity contribution >= 4 is 17.5 Å². The number of para-hydroxylation sites is 1. The number of ether oxygens (including phenoxy) is 1. The normalized spacial score (nSPS) is 13.5. The minimum absolute atomic E-state index is 0.111. The Balaban J connectivity index is 1.20. The van der Waals surface area contributed by atoms with E-state index in [2.05, 4.69) is 70.7 Å². The molecule has 0 bridgehead atoms. The molecule has 5 aromatic rings. The first kappa shape index (κ1) is 26.5. The van der Waals surface area contributed by atoms with Crippen LogP contribution >= 0.6 is 0 Å². The summed E-state index contributed by atoms with van der Waals surface area (Å²) >= 11 is 0. The summed E-state index contributed by atoms with van der Waals surface area (Å²) in [7, 11) is 2.02. The second-order valence-corrected chi connectivity index (χ2v) is 10.6. The number of benzene rings is 3. The lowest BCUT2D eigenvalue weighted by Crippen LogP contribution is -2.23. The molecule has 0 unspecified atom stereocenters. The third-order valence-electron chi connectivity index (χ3n) is 7.96.